The van der Waals surface area contributed by atoms with Crippen molar-refractivity contribution < 1.29 is 24.2 Å². The molecule has 1 aromatic rings. The third-order valence-electron chi connectivity index (χ3n) is 5.60. The lowest BCUT2D eigenvalue weighted by molar-refractivity contribution is -0.142. The third-order valence-corrected chi connectivity index (χ3v) is 5.60. The fourth-order valence-corrected chi connectivity index (χ4v) is 4.01. The largest absolute Gasteiger partial charge is 0.493 e. The Balaban J connectivity index is 2.42. The number of benzene rings is 1. The van der Waals surface area contributed by atoms with Gasteiger partial charge in [0.25, 0.3) is 0 Å². The predicted octanol–water partition coefficient (Wildman–Crippen LogP) is 3.23. The SMILES string of the molecule is CCC(CC)(C(=O)N1CCCC1CC(=O)O)c1ccc(OC)c(OC)c1. The number of nitrogens with zero attached hydrogens (tertiary/aromatic N) is 1. The Hall–Kier alpha value is -2.24. The molecule has 1 heterocycles. The molecule has 1 aliphatic rings. The van der Waals surface area contributed by atoms with E-state index in [1.165, 1.54) is 0 Å². The third kappa shape index (κ3) is 3.64. The van der Waals surface area contributed by atoms with Crippen LogP contribution in [0.25, 0.3) is 0 Å². The van der Waals surface area contributed by atoms with Gasteiger partial charge in [-0.25, -0.2) is 0 Å². The van der Waals surface area contributed by atoms with Gasteiger partial charge in [0.1, 0.15) is 0 Å². The van der Waals surface area contributed by atoms with Crippen LogP contribution in [0.4, 0.5) is 0 Å². The van der Waals surface area contributed by atoms with E-state index in [1.54, 1.807) is 19.1 Å². The molecule has 0 bridgehead atoms. The van der Waals surface area contributed by atoms with E-state index in [0.29, 0.717) is 30.9 Å². The molecule has 1 fully saturated rings. The van der Waals surface area contributed by atoms with E-state index in [0.717, 1.165) is 18.4 Å². The zero-order valence-corrected chi connectivity index (χ0v) is 16.1. The molecule has 6 nitrogen and oxygen atoms in total. The summed E-state index contributed by atoms with van der Waals surface area (Å²) < 4.78 is 10.7. The number of amides is 1. The van der Waals surface area contributed by atoms with E-state index in [2.05, 4.69) is 0 Å². The van der Waals surface area contributed by atoms with Gasteiger partial charge in [-0.05, 0) is 43.4 Å². The number of aliphatic carboxylic acids is 1. The number of methoxy groups -OCH3 is 2. The van der Waals surface area contributed by atoms with E-state index in [4.69, 9.17) is 14.6 Å². The van der Waals surface area contributed by atoms with Crippen LogP contribution < -0.4 is 9.47 Å². The molecule has 0 saturated carbocycles. The Morgan fingerprint density at radius 3 is 2.38 bits per heavy atom. The molecule has 1 saturated heterocycles. The van der Waals surface area contributed by atoms with Gasteiger partial charge in [0.2, 0.25) is 5.91 Å². The van der Waals surface area contributed by atoms with Gasteiger partial charge in [-0.2, -0.15) is 0 Å². The monoisotopic (exact) mass is 363 g/mol. The normalized spacial score (nSPS) is 17.2. The minimum atomic E-state index is -0.862. The first kappa shape index (κ1) is 20.1. The minimum absolute atomic E-state index is 0.00117. The quantitative estimate of drug-likeness (QED) is 0.767. The maximum atomic E-state index is 13.5. The Kier molecular flexibility index (Phi) is 6.51. The van der Waals surface area contributed by atoms with E-state index in [-0.39, 0.29) is 18.4 Å². The number of likely N-dealkylation sites (tertiary alicyclic amines) is 1. The van der Waals surface area contributed by atoms with Gasteiger partial charge >= 0.3 is 5.97 Å². The van der Waals surface area contributed by atoms with Gasteiger partial charge in [0, 0.05) is 12.6 Å². The van der Waals surface area contributed by atoms with Crippen molar-refractivity contribution in [2.24, 2.45) is 0 Å². The molecule has 1 aliphatic heterocycles. The molecule has 144 valence electrons. The van der Waals surface area contributed by atoms with Crippen molar-refractivity contribution >= 4 is 11.9 Å². The van der Waals surface area contributed by atoms with Crippen LogP contribution in [0.5, 0.6) is 11.5 Å². The summed E-state index contributed by atoms with van der Waals surface area (Å²) >= 11 is 0. The van der Waals surface area contributed by atoms with Crippen molar-refractivity contribution in [3.8, 4) is 11.5 Å². The van der Waals surface area contributed by atoms with Gasteiger partial charge < -0.3 is 19.5 Å². The number of carboxylic acids is 1. The van der Waals surface area contributed by atoms with Crippen LogP contribution in [0.3, 0.4) is 0 Å². The second-order valence-electron chi connectivity index (χ2n) is 6.75. The van der Waals surface area contributed by atoms with Crippen LogP contribution >= 0.6 is 0 Å². The number of ether oxygens (including phenoxy) is 2. The number of hydrogen-bond donors (Lipinski definition) is 1. The summed E-state index contributed by atoms with van der Waals surface area (Å²) in [5.74, 6) is 0.361. The molecule has 1 N–H and O–H groups in total. The van der Waals surface area contributed by atoms with E-state index in [9.17, 15) is 9.59 Å². The fourth-order valence-electron chi connectivity index (χ4n) is 4.01. The second-order valence-corrected chi connectivity index (χ2v) is 6.75. The predicted molar refractivity (Wildman–Crippen MR) is 98.8 cm³/mol. The topological polar surface area (TPSA) is 76.1 Å². The summed E-state index contributed by atoms with van der Waals surface area (Å²) in [5.41, 5.74) is 0.187. The summed E-state index contributed by atoms with van der Waals surface area (Å²) in [4.78, 5) is 26.5. The number of rotatable bonds is 8. The van der Waals surface area contributed by atoms with Gasteiger partial charge in [0.05, 0.1) is 26.1 Å². The van der Waals surface area contributed by atoms with Crippen molar-refractivity contribution in [3.05, 3.63) is 23.8 Å². The van der Waals surface area contributed by atoms with Crippen molar-refractivity contribution in [1.82, 2.24) is 4.90 Å². The molecule has 26 heavy (non-hydrogen) atoms. The molecule has 0 aromatic heterocycles. The molecule has 1 atom stereocenters. The smallest absolute Gasteiger partial charge is 0.305 e. The molecule has 6 heteroatoms. The Morgan fingerprint density at radius 1 is 1.19 bits per heavy atom. The average molecular weight is 363 g/mol. The van der Waals surface area contributed by atoms with Crippen molar-refractivity contribution in [2.75, 3.05) is 20.8 Å². The summed E-state index contributed by atoms with van der Waals surface area (Å²) in [5, 5.41) is 9.17. The van der Waals surface area contributed by atoms with E-state index >= 15 is 0 Å². The van der Waals surface area contributed by atoms with Gasteiger partial charge in [-0.3, -0.25) is 9.59 Å². The molecular formula is C20H29NO5. The first-order valence-corrected chi connectivity index (χ1v) is 9.18. The second kappa shape index (κ2) is 8.43. The van der Waals surface area contributed by atoms with Crippen LogP contribution in [0, 0.1) is 0 Å². The fraction of sp³-hybridized carbons (Fsp3) is 0.600. The van der Waals surface area contributed by atoms with Crippen LogP contribution in [0.1, 0.15) is 51.5 Å². The Morgan fingerprint density at radius 2 is 1.85 bits per heavy atom. The summed E-state index contributed by atoms with van der Waals surface area (Å²) in [7, 11) is 3.16. The van der Waals surface area contributed by atoms with E-state index in [1.807, 2.05) is 32.0 Å². The first-order chi connectivity index (χ1) is 12.4. The molecule has 0 aliphatic carbocycles. The van der Waals surface area contributed by atoms with Crippen molar-refractivity contribution in [2.45, 2.75) is 57.4 Å². The Labute approximate surface area is 155 Å². The first-order valence-electron chi connectivity index (χ1n) is 9.18. The molecule has 1 unspecified atom stereocenters. The highest BCUT2D eigenvalue weighted by molar-refractivity contribution is 5.89. The highest BCUT2D eigenvalue weighted by Crippen LogP contribution is 2.40. The molecule has 2 rings (SSSR count). The number of carbonyl (C=O) groups is 2. The minimum Gasteiger partial charge on any atom is -0.493 e. The maximum absolute atomic E-state index is 13.5. The molecular weight excluding hydrogens is 334 g/mol. The van der Waals surface area contributed by atoms with Crippen LogP contribution in [0.15, 0.2) is 18.2 Å². The zero-order chi connectivity index (χ0) is 19.3. The molecule has 0 radical (unpaired) electrons. The van der Waals surface area contributed by atoms with Crippen molar-refractivity contribution in [3.63, 3.8) is 0 Å². The standard InChI is InChI=1S/C20H29NO5/c1-5-20(6-2,14-9-10-16(25-3)17(12-14)26-4)19(24)21-11-7-8-15(21)13-18(22)23/h9-10,12,15H,5-8,11,13H2,1-4H3,(H,22,23). The van der Waals surface area contributed by atoms with Crippen molar-refractivity contribution in [1.29, 1.82) is 0 Å². The van der Waals surface area contributed by atoms with Gasteiger partial charge in [-0.1, -0.05) is 19.9 Å². The van der Waals surface area contributed by atoms with Crippen LogP contribution in [0.2, 0.25) is 0 Å². The van der Waals surface area contributed by atoms with Crippen LogP contribution in [-0.4, -0.2) is 48.7 Å². The summed E-state index contributed by atoms with van der Waals surface area (Å²) in [6.45, 7) is 4.62. The molecule has 1 amide bonds. The lowest BCUT2D eigenvalue weighted by Gasteiger charge is -2.37. The number of carbonyl (C=O) groups excluding carboxylic acids is 1. The lowest BCUT2D eigenvalue weighted by atomic mass is 9.74. The lowest BCUT2D eigenvalue weighted by Crippen LogP contribution is -2.48. The van der Waals surface area contributed by atoms with Gasteiger partial charge in [-0.15, -0.1) is 0 Å². The summed E-state index contributed by atoms with van der Waals surface area (Å²) in [6.07, 6.45) is 2.86. The zero-order valence-electron chi connectivity index (χ0n) is 16.1. The molecule has 1 aromatic carbocycles. The molecule has 0 spiro atoms. The number of hydrogen-bond acceptors (Lipinski definition) is 4. The van der Waals surface area contributed by atoms with E-state index < -0.39 is 11.4 Å². The highest BCUT2D eigenvalue weighted by atomic mass is 16.5. The maximum Gasteiger partial charge on any atom is 0.305 e. The Bertz CT molecular complexity index is 654. The van der Waals surface area contributed by atoms with Crippen LogP contribution in [-0.2, 0) is 15.0 Å². The highest BCUT2D eigenvalue weighted by Gasteiger charge is 2.43. The average Bonchev–Trinajstić information content (AvgIpc) is 3.10. The van der Waals surface area contributed by atoms with Gasteiger partial charge in [0.15, 0.2) is 11.5 Å². The summed E-state index contributed by atoms with van der Waals surface area (Å²) in [6, 6.07) is 5.37. The number of carboxylic acid groups (broad SMARTS) is 1.